The van der Waals surface area contributed by atoms with Crippen LogP contribution in [-0.2, 0) is 11.8 Å². The van der Waals surface area contributed by atoms with E-state index in [4.69, 9.17) is 0 Å². The molecule has 1 aliphatic carbocycles. The lowest BCUT2D eigenvalue weighted by atomic mass is 9.89. The van der Waals surface area contributed by atoms with Crippen LogP contribution in [0.3, 0.4) is 0 Å². The molecule has 0 heterocycles. The molecule has 0 aromatic heterocycles. The zero-order valence-corrected chi connectivity index (χ0v) is 19.0. The molecule has 6 aromatic carbocycles. The monoisotopic (exact) mass is 502 g/mol. The zero-order valence-electron chi connectivity index (χ0n) is 19.0. The maximum Gasteiger partial charge on any atom is 0.380 e. The minimum absolute atomic E-state index is 0.220. The van der Waals surface area contributed by atoms with Crippen LogP contribution in [0.4, 0.5) is 26.3 Å². The van der Waals surface area contributed by atoms with Crippen LogP contribution in [0.5, 0.6) is 0 Å². The number of hydrogen-bond acceptors (Lipinski definition) is 0. The molecule has 37 heavy (non-hydrogen) atoms. The van der Waals surface area contributed by atoms with Crippen LogP contribution in [0.15, 0.2) is 97.1 Å². The van der Waals surface area contributed by atoms with Crippen LogP contribution in [0.1, 0.15) is 11.1 Å². The smallest absolute Gasteiger partial charge is 0.194 e. The Bertz CT molecular complexity index is 1920. The number of fused-ring (bicyclic) bond motifs is 9. The van der Waals surface area contributed by atoms with Crippen LogP contribution in [0.2, 0.25) is 0 Å². The van der Waals surface area contributed by atoms with Gasteiger partial charge in [-0.05, 0) is 66.3 Å². The van der Waals surface area contributed by atoms with E-state index < -0.39 is 28.9 Å². The van der Waals surface area contributed by atoms with Crippen LogP contribution in [0, 0.1) is 0 Å². The van der Waals surface area contributed by atoms with Crippen LogP contribution in [0.25, 0.3) is 54.2 Å². The first-order valence-electron chi connectivity index (χ1n) is 11.7. The predicted molar refractivity (Wildman–Crippen MR) is 135 cm³/mol. The molecule has 6 aromatic rings. The summed E-state index contributed by atoms with van der Waals surface area (Å²) in [4.78, 5) is 0. The molecule has 0 unspecified atom stereocenters. The van der Waals surface area contributed by atoms with Crippen molar-refractivity contribution in [2.75, 3.05) is 0 Å². The van der Waals surface area contributed by atoms with E-state index in [1.165, 1.54) is 30.3 Å². The van der Waals surface area contributed by atoms with E-state index in [1.54, 1.807) is 12.1 Å². The SMILES string of the molecule is FC1(F)c2c(c3ccc(-c4ccc5c(ccc6ccccc65)c4)cc3c3ccccc23)C(F)(F)C1(F)F. The highest BCUT2D eigenvalue weighted by Gasteiger charge is 2.79. The number of benzene rings is 6. The topological polar surface area (TPSA) is 0 Å². The first-order chi connectivity index (χ1) is 17.6. The molecule has 0 spiro atoms. The van der Waals surface area contributed by atoms with E-state index in [-0.39, 0.29) is 21.5 Å². The maximum atomic E-state index is 15.0. The van der Waals surface area contributed by atoms with Crippen LogP contribution >= 0.6 is 0 Å². The maximum absolute atomic E-state index is 15.0. The fraction of sp³-hybridized carbons (Fsp3) is 0.0968. The minimum atomic E-state index is -5.54. The quantitative estimate of drug-likeness (QED) is 0.155. The largest absolute Gasteiger partial charge is 0.380 e. The Morgan fingerprint density at radius 2 is 0.865 bits per heavy atom. The second-order valence-electron chi connectivity index (χ2n) is 9.50. The van der Waals surface area contributed by atoms with Gasteiger partial charge in [0.2, 0.25) is 0 Å². The van der Waals surface area contributed by atoms with Gasteiger partial charge in [0.1, 0.15) is 0 Å². The number of halogens is 6. The fourth-order valence-electron chi connectivity index (χ4n) is 5.73. The minimum Gasteiger partial charge on any atom is -0.194 e. The summed E-state index contributed by atoms with van der Waals surface area (Å²) in [7, 11) is 0. The van der Waals surface area contributed by atoms with Gasteiger partial charge in [0.05, 0.1) is 0 Å². The van der Waals surface area contributed by atoms with Gasteiger partial charge in [-0.25, -0.2) is 0 Å². The summed E-state index contributed by atoms with van der Waals surface area (Å²) in [6, 6.07) is 27.9. The van der Waals surface area contributed by atoms with E-state index in [0.717, 1.165) is 27.1 Å². The summed E-state index contributed by atoms with van der Waals surface area (Å²) < 4.78 is 88.5. The van der Waals surface area contributed by atoms with E-state index in [2.05, 4.69) is 0 Å². The molecule has 0 fully saturated rings. The molecule has 0 N–H and O–H groups in total. The van der Waals surface area contributed by atoms with E-state index in [9.17, 15) is 26.3 Å². The summed E-state index contributed by atoms with van der Waals surface area (Å²) in [6.07, 6.45) is 0. The number of hydrogen-bond donors (Lipinski definition) is 0. The summed E-state index contributed by atoms with van der Waals surface area (Å²) in [5, 5.41) is 4.06. The standard InChI is InChI=1S/C31H16F6/c32-29(33)27-24-8-4-3-7-23(24)26-16-19(12-14-25(26)28(27)30(34,35)31(29,36)37)18-11-13-22-20(15-18)10-9-17-5-1-2-6-21(17)22/h1-16H. The fourth-order valence-corrected chi connectivity index (χ4v) is 5.73. The summed E-state index contributed by atoms with van der Waals surface area (Å²) in [6.45, 7) is 0. The third-order valence-corrected chi connectivity index (χ3v) is 7.52. The Labute approximate surface area is 206 Å². The Kier molecular flexibility index (Phi) is 4.21. The molecule has 0 radical (unpaired) electrons. The molecule has 0 nitrogen and oxygen atoms in total. The molecule has 0 amide bonds. The summed E-state index contributed by atoms with van der Waals surface area (Å²) in [5.41, 5.74) is -1.15. The number of rotatable bonds is 1. The molecule has 1 aliphatic rings. The van der Waals surface area contributed by atoms with Gasteiger partial charge >= 0.3 is 17.8 Å². The number of alkyl halides is 6. The molecule has 0 saturated carbocycles. The summed E-state index contributed by atoms with van der Waals surface area (Å²) >= 11 is 0. The van der Waals surface area contributed by atoms with Gasteiger partial charge in [-0.2, -0.15) is 26.3 Å². The van der Waals surface area contributed by atoms with E-state index in [0.29, 0.717) is 5.56 Å². The first-order valence-corrected chi connectivity index (χ1v) is 11.7. The molecule has 0 saturated heterocycles. The molecule has 0 atom stereocenters. The molecule has 0 bridgehead atoms. The van der Waals surface area contributed by atoms with Crippen molar-refractivity contribution in [3.63, 3.8) is 0 Å². The predicted octanol–water partition coefficient (Wildman–Crippen LogP) is 9.80. The molecular formula is C31H16F6. The third kappa shape index (κ3) is 2.70. The van der Waals surface area contributed by atoms with Gasteiger partial charge in [-0.15, -0.1) is 0 Å². The molecule has 0 aliphatic heterocycles. The molecule has 7 rings (SSSR count). The Balaban J connectivity index is 1.52. The van der Waals surface area contributed by atoms with Crippen molar-refractivity contribution < 1.29 is 26.3 Å². The van der Waals surface area contributed by atoms with Crippen molar-refractivity contribution in [1.82, 2.24) is 0 Å². The van der Waals surface area contributed by atoms with Gasteiger partial charge < -0.3 is 0 Å². The highest BCUT2D eigenvalue weighted by Crippen LogP contribution is 2.65. The van der Waals surface area contributed by atoms with Crippen LogP contribution < -0.4 is 0 Å². The Morgan fingerprint density at radius 1 is 0.378 bits per heavy atom. The van der Waals surface area contributed by atoms with E-state index >= 15 is 0 Å². The Hall–Kier alpha value is -4.06. The molecular weight excluding hydrogens is 486 g/mol. The zero-order chi connectivity index (χ0) is 25.7. The van der Waals surface area contributed by atoms with Gasteiger partial charge in [-0.3, -0.25) is 0 Å². The van der Waals surface area contributed by atoms with Crippen molar-refractivity contribution in [1.29, 1.82) is 0 Å². The Morgan fingerprint density at radius 3 is 1.57 bits per heavy atom. The second-order valence-corrected chi connectivity index (χ2v) is 9.50. The van der Waals surface area contributed by atoms with Gasteiger partial charge in [0.25, 0.3) is 0 Å². The van der Waals surface area contributed by atoms with E-state index in [1.807, 2.05) is 54.6 Å². The van der Waals surface area contributed by atoms with Gasteiger partial charge in [0.15, 0.2) is 0 Å². The molecule has 182 valence electrons. The van der Waals surface area contributed by atoms with Gasteiger partial charge in [-0.1, -0.05) is 84.9 Å². The lowest BCUT2D eigenvalue weighted by Gasteiger charge is -2.23. The average molecular weight is 502 g/mol. The lowest BCUT2D eigenvalue weighted by molar-refractivity contribution is -0.301. The van der Waals surface area contributed by atoms with Gasteiger partial charge in [0, 0.05) is 11.1 Å². The summed E-state index contributed by atoms with van der Waals surface area (Å²) in [5.74, 6) is -15.6. The third-order valence-electron chi connectivity index (χ3n) is 7.52. The second kappa shape index (κ2) is 7.03. The van der Waals surface area contributed by atoms with Crippen molar-refractivity contribution >= 4 is 43.1 Å². The van der Waals surface area contributed by atoms with Crippen molar-refractivity contribution in [3.8, 4) is 11.1 Å². The normalized spacial score (nSPS) is 17.6. The first kappa shape index (κ1) is 22.2. The lowest BCUT2D eigenvalue weighted by Crippen LogP contribution is -2.43. The highest BCUT2D eigenvalue weighted by atomic mass is 19.3. The molecule has 6 heteroatoms. The van der Waals surface area contributed by atoms with Crippen molar-refractivity contribution in [2.45, 2.75) is 17.8 Å². The van der Waals surface area contributed by atoms with Crippen LogP contribution in [-0.4, -0.2) is 5.92 Å². The average Bonchev–Trinajstić information content (AvgIpc) is 3.02. The van der Waals surface area contributed by atoms with Crippen molar-refractivity contribution in [2.24, 2.45) is 0 Å². The van der Waals surface area contributed by atoms with Crippen molar-refractivity contribution in [3.05, 3.63) is 108 Å². The highest BCUT2D eigenvalue weighted by molar-refractivity contribution is 6.13.